The standard InChI is InChI=1S/C15H10ClF3N2O2/c16-8-2-1-3-9(6-8)21-12(22)7-20-15(23)10-4-5-11(17)14(19)13(10)18/h1-6H,7H2,(H,20,23)(H,21,22). The van der Waals surface area contributed by atoms with Gasteiger partial charge in [-0.05, 0) is 30.3 Å². The molecule has 0 aliphatic rings. The van der Waals surface area contributed by atoms with E-state index < -0.39 is 41.4 Å². The highest BCUT2D eigenvalue weighted by Gasteiger charge is 2.19. The number of hydrogen-bond acceptors (Lipinski definition) is 2. The van der Waals surface area contributed by atoms with E-state index in [9.17, 15) is 22.8 Å². The maximum absolute atomic E-state index is 13.4. The van der Waals surface area contributed by atoms with Crippen LogP contribution >= 0.6 is 11.6 Å². The monoisotopic (exact) mass is 342 g/mol. The lowest BCUT2D eigenvalue weighted by molar-refractivity contribution is -0.115. The molecule has 0 saturated heterocycles. The van der Waals surface area contributed by atoms with Gasteiger partial charge in [0.05, 0.1) is 12.1 Å². The fourth-order valence-corrected chi connectivity index (χ4v) is 1.92. The zero-order valence-electron chi connectivity index (χ0n) is 11.5. The summed E-state index contributed by atoms with van der Waals surface area (Å²) in [6.45, 7) is -0.482. The van der Waals surface area contributed by atoms with Crippen molar-refractivity contribution in [2.45, 2.75) is 0 Å². The quantitative estimate of drug-likeness (QED) is 0.839. The van der Waals surface area contributed by atoms with E-state index in [1.54, 1.807) is 18.2 Å². The Hall–Kier alpha value is -2.54. The summed E-state index contributed by atoms with van der Waals surface area (Å²) in [7, 11) is 0. The molecule has 8 heteroatoms. The van der Waals surface area contributed by atoms with Gasteiger partial charge in [-0.1, -0.05) is 17.7 Å². The lowest BCUT2D eigenvalue weighted by atomic mass is 10.2. The molecule has 0 spiro atoms. The van der Waals surface area contributed by atoms with Crippen LogP contribution in [-0.2, 0) is 4.79 Å². The molecular formula is C15H10ClF3N2O2. The van der Waals surface area contributed by atoms with Crippen molar-refractivity contribution < 1.29 is 22.8 Å². The molecule has 2 aromatic carbocycles. The van der Waals surface area contributed by atoms with Crippen LogP contribution in [0.5, 0.6) is 0 Å². The molecule has 2 aromatic rings. The number of anilines is 1. The zero-order valence-corrected chi connectivity index (χ0v) is 12.3. The predicted molar refractivity (Wildman–Crippen MR) is 78.7 cm³/mol. The van der Waals surface area contributed by atoms with Crippen molar-refractivity contribution in [1.29, 1.82) is 0 Å². The van der Waals surface area contributed by atoms with Crippen LogP contribution in [0.1, 0.15) is 10.4 Å². The number of carbonyl (C=O) groups is 2. The number of amides is 2. The third-order valence-corrected chi connectivity index (χ3v) is 3.03. The second-order valence-corrected chi connectivity index (χ2v) is 4.90. The van der Waals surface area contributed by atoms with Crippen LogP contribution in [0.4, 0.5) is 18.9 Å². The number of halogens is 4. The van der Waals surface area contributed by atoms with Gasteiger partial charge in [-0.25, -0.2) is 13.2 Å². The smallest absolute Gasteiger partial charge is 0.254 e. The van der Waals surface area contributed by atoms with Gasteiger partial charge in [-0.15, -0.1) is 0 Å². The van der Waals surface area contributed by atoms with Gasteiger partial charge in [0.1, 0.15) is 0 Å². The maximum atomic E-state index is 13.4. The molecule has 120 valence electrons. The summed E-state index contributed by atoms with van der Waals surface area (Å²) in [4.78, 5) is 23.4. The highest BCUT2D eigenvalue weighted by Crippen LogP contribution is 2.16. The number of carbonyl (C=O) groups excluding carboxylic acids is 2. The number of nitrogens with one attached hydrogen (secondary N) is 2. The molecule has 0 aromatic heterocycles. The highest BCUT2D eigenvalue weighted by atomic mass is 35.5. The first-order valence-corrected chi connectivity index (χ1v) is 6.73. The molecule has 2 N–H and O–H groups in total. The Morgan fingerprint density at radius 1 is 1.04 bits per heavy atom. The summed E-state index contributed by atoms with van der Waals surface area (Å²) in [5.41, 5.74) is -0.282. The largest absolute Gasteiger partial charge is 0.343 e. The second kappa shape index (κ2) is 7.15. The number of rotatable bonds is 4. The van der Waals surface area contributed by atoms with E-state index in [0.29, 0.717) is 16.8 Å². The average Bonchev–Trinajstić information content (AvgIpc) is 2.50. The normalized spacial score (nSPS) is 10.3. The number of benzene rings is 2. The summed E-state index contributed by atoms with van der Waals surface area (Å²) in [6, 6.07) is 7.73. The lowest BCUT2D eigenvalue weighted by Gasteiger charge is -2.08. The van der Waals surface area contributed by atoms with Crippen molar-refractivity contribution in [3.05, 3.63) is 64.4 Å². The molecule has 2 amide bonds. The highest BCUT2D eigenvalue weighted by molar-refractivity contribution is 6.30. The van der Waals surface area contributed by atoms with Crippen molar-refractivity contribution in [3.8, 4) is 0 Å². The summed E-state index contributed by atoms with van der Waals surface area (Å²) < 4.78 is 39.3. The van der Waals surface area contributed by atoms with Gasteiger partial charge < -0.3 is 10.6 Å². The Kier molecular flexibility index (Phi) is 5.23. The minimum Gasteiger partial charge on any atom is -0.343 e. The first kappa shape index (κ1) is 16.8. The molecule has 0 bridgehead atoms. The van der Waals surface area contributed by atoms with Crippen LogP contribution < -0.4 is 10.6 Å². The summed E-state index contributed by atoms with van der Waals surface area (Å²) in [6.07, 6.45) is 0. The fourth-order valence-electron chi connectivity index (χ4n) is 1.73. The Bertz CT molecular complexity index is 768. The molecule has 0 unspecified atom stereocenters. The Labute approximate surface area is 134 Å². The van der Waals surface area contributed by atoms with Crippen molar-refractivity contribution in [2.75, 3.05) is 11.9 Å². The van der Waals surface area contributed by atoms with E-state index in [1.165, 1.54) is 6.07 Å². The lowest BCUT2D eigenvalue weighted by Crippen LogP contribution is -2.33. The first-order chi connectivity index (χ1) is 10.9. The third-order valence-electron chi connectivity index (χ3n) is 2.80. The van der Waals surface area contributed by atoms with Crippen LogP contribution in [0.2, 0.25) is 5.02 Å². The summed E-state index contributed by atoms with van der Waals surface area (Å²) >= 11 is 5.75. The van der Waals surface area contributed by atoms with Crippen molar-refractivity contribution in [2.24, 2.45) is 0 Å². The van der Waals surface area contributed by atoms with Gasteiger partial charge in [-0.2, -0.15) is 0 Å². The summed E-state index contributed by atoms with van der Waals surface area (Å²) in [5.74, 6) is -6.40. The Balaban J connectivity index is 1.96. The minimum atomic E-state index is -1.75. The summed E-state index contributed by atoms with van der Waals surface area (Å²) in [5, 5.41) is 4.98. The van der Waals surface area contributed by atoms with E-state index in [0.717, 1.165) is 6.07 Å². The van der Waals surface area contributed by atoms with Gasteiger partial charge in [0, 0.05) is 10.7 Å². The minimum absolute atomic E-state index is 0.413. The molecule has 0 aliphatic carbocycles. The molecule has 0 saturated carbocycles. The van der Waals surface area contributed by atoms with E-state index in [-0.39, 0.29) is 0 Å². The van der Waals surface area contributed by atoms with Crippen molar-refractivity contribution >= 4 is 29.1 Å². The average molecular weight is 343 g/mol. The molecule has 0 fully saturated rings. The van der Waals surface area contributed by atoms with E-state index in [4.69, 9.17) is 11.6 Å². The van der Waals surface area contributed by atoms with E-state index >= 15 is 0 Å². The van der Waals surface area contributed by atoms with Crippen LogP contribution in [0.25, 0.3) is 0 Å². The molecule has 0 atom stereocenters. The zero-order chi connectivity index (χ0) is 17.0. The van der Waals surface area contributed by atoms with Crippen molar-refractivity contribution in [3.63, 3.8) is 0 Å². The van der Waals surface area contributed by atoms with E-state index in [2.05, 4.69) is 10.6 Å². The van der Waals surface area contributed by atoms with Crippen LogP contribution in [0.3, 0.4) is 0 Å². The van der Waals surface area contributed by atoms with Crippen LogP contribution in [0, 0.1) is 17.5 Å². The van der Waals surface area contributed by atoms with Gasteiger partial charge in [0.2, 0.25) is 5.91 Å². The molecule has 2 rings (SSSR count). The topological polar surface area (TPSA) is 58.2 Å². The van der Waals surface area contributed by atoms with Gasteiger partial charge in [0.15, 0.2) is 17.5 Å². The predicted octanol–water partition coefficient (Wildman–Crippen LogP) is 3.13. The number of hydrogen-bond donors (Lipinski definition) is 2. The molecule has 4 nitrogen and oxygen atoms in total. The fraction of sp³-hybridized carbons (Fsp3) is 0.0667. The molecule has 0 aliphatic heterocycles. The second-order valence-electron chi connectivity index (χ2n) is 4.46. The van der Waals surface area contributed by atoms with Gasteiger partial charge in [0.25, 0.3) is 5.91 Å². The van der Waals surface area contributed by atoms with Crippen LogP contribution in [-0.4, -0.2) is 18.4 Å². The molecule has 0 radical (unpaired) electrons. The van der Waals surface area contributed by atoms with Crippen LogP contribution in [0.15, 0.2) is 36.4 Å². The Morgan fingerprint density at radius 3 is 2.48 bits per heavy atom. The van der Waals surface area contributed by atoms with Crippen molar-refractivity contribution in [1.82, 2.24) is 5.32 Å². The SMILES string of the molecule is O=C(CNC(=O)c1ccc(F)c(F)c1F)Nc1cccc(Cl)c1. The van der Waals surface area contributed by atoms with Gasteiger partial charge in [-0.3, -0.25) is 9.59 Å². The maximum Gasteiger partial charge on any atom is 0.254 e. The molecular weight excluding hydrogens is 333 g/mol. The first-order valence-electron chi connectivity index (χ1n) is 6.35. The van der Waals surface area contributed by atoms with Gasteiger partial charge >= 0.3 is 0 Å². The molecule has 23 heavy (non-hydrogen) atoms. The molecule has 0 heterocycles. The third kappa shape index (κ3) is 4.23. The Morgan fingerprint density at radius 2 is 1.78 bits per heavy atom. The van der Waals surface area contributed by atoms with E-state index in [1.807, 2.05) is 0 Å².